The Morgan fingerprint density at radius 2 is 1.95 bits per heavy atom. The Hall–Kier alpha value is -1.62. The summed E-state index contributed by atoms with van der Waals surface area (Å²) in [5.74, 6) is 1.34. The largest absolute Gasteiger partial charge is 0.357 e. The molecule has 0 atom stereocenters. The molecule has 2 N–H and O–H groups in total. The van der Waals surface area contributed by atoms with Crippen LogP contribution in [-0.2, 0) is 6.42 Å². The van der Waals surface area contributed by atoms with Crippen molar-refractivity contribution in [3.63, 3.8) is 0 Å². The maximum Gasteiger partial charge on any atom is 0.224 e. The third-order valence-electron chi connectivity index (χ3n) is 2.72. The molecular weight excluding hydrogens is 304 g/mol. The van der Waals surface area contributed by atoms with Gasteiger partial charge in [-0.1, -0.05) is 25.5 Å². The standard InChI is InChI=1S/C14H17BrN4/c1-3-4-10-5-7-11(8-6-10)18-13-12(15)9-17-14(16-2)19-13/h5-9H,3-4H2,1-2H3,(H2,16,17,18,19). The zero-order valence-corrected chi connectivity index (χ0v) is 12.7. The van der Waals surface area contributed by atoms with Gasteiger partial charge in [-0.25, -0.2) is 4.98 Å². The average Bonchev–Trinajstić information content (AvgIpc) is 2.44. The van der Waals surface area contributed by atoms with Crippen LogP contribution in [0.1, 0.15) is 18.9 Å². The first-order valence-corrected chi connectivity index (χ1v) is 7.08. The molecule has 2 rings (SSSR count). The van der Waals surface area contributed by atoms with Crippen LogP contribution >= 0.6 is 15.9 Å². The molecule has 0 spiro atoms. The number of aryl methyl sites for hydroxylation is 1. The molecule has 0 unspecified atom stereocenters. The highest BCUT2D eigenvalue weighted by Gasteiger charge is 2.04. The lowest BCUT2D eigenvalue weighted by Crippen LogP contribution is -2.01. The fraction of sp³-hybridized carbons (Fsp3) is 0.286. The summed E-state index contributed by atoms with van der Waals surface area (Å²) in [5.41, 5.74) is 2.37. The summed E-state index contributed by atoms with van der Waals surface area (Å²) in [4.78, 5) is 8.49. The summed E-state index contributed by atoms with van der Waals surface area (Å²) in [6.07, 6.45) is 4.00. The van der Waals surface area contributed by atoms with Crippen molar-refractivity contribution in [3.8, 4) is 0 Å². The summed E-state index contributed by atoms with van der Waals surface area (Å²) >= 11 is 3.44. The maximum absolute atomic E-state index is 4.36. The molecule has 4 nitrogen and oxygen atoms in total. The highest BCUT2D eigenvalue weighted by Crippen LogP contribution is 2.24. The van der Waals surface area contributed by atoms with Gasteiger partial charge in [0.15, 0.2) is 0 Å². The SMILES string of the molecule is CCCc1ccc(Nc2nc(NC)ncc2Br)cc1. The highest BCUT2D eigenvalue weighted by molar-refractivity contribution is 9.10. The minimum atomic E-state index is 0.591. The van der Waals surface area contributed by atoms with Crippen molar-refractivity contribution in [1.29, 1.82) is 0 Å². The third kappa shape index (κ3) is 3.67. The lowest BCUT2D eigenvalue weighted by Gasteiger charge is -2.09. The van der Waals surface area contributed by atoms with Gasteiger partial charge in [-0.3, -0.25) is 0 Å². The predicted molar refractivity (Wildman–Crippen MR) is 83.0 cm³/mol. The van der Waals surface area contributed by atoms with Crippen molar-refractivity contribution in [2.24, 2.45) is 0 Å². The zero-order chi connectivity index (χ0) is 13.7. The van der Waals surface area contributed by atoms with Gasteiger partial charge in [0.1, 0.15) is 5.82 Å². The number of hydrogen-bond donors (Lipinski definition) is 2. The van der Waals surface area contributed by atoms with Gasteiger partial charge in [0, 0.05) is 18.9 Å². The van der Waals surface area contributed by atoms with Gasteiger partial charge in [-0.05, 0) is 40.0 Å². The molecule has 0 amide bonds. The Labute approximate surface area is 121 Å². The van der Waals surface area contributed by atoms with Crippen LogP contribution in [0, 0.1) is 0 Å². The van der Waals surface area contributed by atoms with Crippen LogP contribution < -0.4 is 10.6 Å². The van der Waals surface area contributed by atoms with Gasteiger partial charge < -0.3 is 10.6 Å². The quantitative estimate of drug-likeness (QED) is 0.875. The Morgan fingerprint density at radius 1 is 1.21 bits per heavy atom. The number of hydrogen-bond acceptors (Lipinski definition) is 4. The Balaban J connectivity index is 2.16. The van der Waals surface area contributed by atoms with E-state index in [0.29, 0.717) is 5.95 Å². The summed E-state index contributed by atoms with van der Waals surface area (Å²) in [5, 5.41) is 6.20. The topological polar surface area (TPSA) is 49.8 Å². The van der Waals surface area contributed by atoms with E-state index < -0.39 is 0 Å². The lowest BCUT2D eigenvalue weighted by molar-refractivity contribution is 0.922. The van der Waals surface area contributed by atoms with Crippen LogP contribution in [0.2, 0.25) is 0 Å². The smallest absolute Gasteiger partial charge is 0.224 e. The fourth-order valence-corrected chi connectivity index (χ4v) is 2.05. The van der Waals surface area contributed by atoms with Crippen LogP contribution in [0.25, 0.3) is 0 Å². The molecule has 1 aromatic carbocycles. The molecule has 0 aliphatic heterocycles. The molecular formula is C14H17BrN4. The second kappa shape index (κ2) is 6.52. The molecule has 0 fully saturated rings. The number of halogens is 1. The molecule has 1 heterocycles. The van der Waals surface area contributed by atoms with E-state index in [4.69, 9.17) is 0 Å². The van der Waals surface area contributed by atoms with Gasteiger partial charge in [0.05, 0.1) is 4.47 Å². The van der Waals surface area contributed by atoms with Crippen LogP contribution in [0.15, 0.2) is 34.9 Å². The van der Waals surface area contributed by atoms with E-state index in [0.717, 1.165) is 28.8 Å². The molecule has 0 saturated carbocycles. The van der Waals surface area contributed by atoms with E-state index in [-0.39, 0.29) is 0 Å². The van der Waals surface area contributed by atoms with Crippen molar-refractivity contribution < 1.29 is 0 Å². The summed E-state index contributed by atoms with van der Waals surface area (Å²) in [6.45, 7) is 2.18. The van der Waals surface area contributed by atoms with Gasteiger partial charge >= 0.3 is 0 Å². The average molecular weight is 321 g/mol. The Kier molecular flexibility index (Phi) is 4.74. The third-order valence-corrected chi connectivity index (χ3v) is 3.30. The molecule has 2 aromatic rings. The van der Waals surface area contributed by atoms with E-state index in [1.165, 1.54) is 5.56 Å². The molecule has 0 radical (unpaired) electrons. The second-order valence-electron chi connectivity index (χ2n) is 4.21. The van der Waals surface area contributed by atoms with Crippen LogP contribution in [-0.4, -0.2) is 17.0 Å². The van der Waals surface area contributed by atoms with Crippen LogP contribution in [0.4, 0.5) is 17.5 Å². The molecule has 0 aliphatic carbocycles. The van der Waals surface area contributed by atoms with Gasteiger partial charge in [0.2, 0.25) is 5.95 Å². The Bertz CT molecular complexity index is 540. The van der Waals surface area contributed by atoms with E-state index >= 15 is 0 Å². The van der Waals surface area contributed by atoms with Crippen molar-refractivity contribution in [1.82, 2.24) is 9.97 Å². The molecule has 0 aliphatic rings. The molecule has 0 saturated heterocycles. The van der Waals surface area contributed by atoms with Crippen molar-refractivity contribution in [3.05, 3.63) is 40.5 Å². The molecule has 0 bridgehead atoms. The Morgan fingerprint density at radius 3 is 2.58 bits per heavy atom. The first kappa shape index (κ1) is 13.8. The van der Waals surface area contributed by atoms with Gasteiger partial charge in [-0.15, -0.1) is 0 Å². The van der Waals surface area contributed by atoms with Crippen molar-refractivity contribution in [2.45, 2.75) is 19.8 Å². The first-order chi connectivity index (χ1) is 9.22. The lowest BCUT2D eigenvalue weighted by atomic mass is 10.1. The van der Waals surface area contributed by atoms with Crippen molar-refractivity contribution in [2.75, 3.05) is 17.7 Å². The summed E-state index contributed by atoms with van der Waals surface area (Å²) < 4.78 is 0.837. The number of nitrogens with one attached hydrogen (secondary N) is 2. The normalized spacial score (nSPS) is 10.3. The molecule has 5 heteroatoms. The van der Waals surface area contributed by atoms with E-state index in [9.17, 15) is 0 Å². The minimum Gasteiger partial charge on any atom is -0.357 e. The van der Waals surface area contributed by atoms with Gasteiger partial charge in [0.25, 0.3) is 0 Å². The van der Waals surface area contributed by atoms with Crippen molar-refractivity contribution >= 4 is 33.4 Å². The number of nitrogens with zero attached hydrogens (tertiary/aromatic N) is 2. The number of rotatable bonds is 5. The maximum atomic E-state index is 4.36. The fourth-order valence-electron chi connectivity index (χ4n) is 1.76. The summed E-state index contributed by atoms with van der Waals surface area (Å²) in [6, 6.07) is 8.41. The number of benzene rings is 1. The summed E-state index contributed by atoms with van der Waals surface area (Å²) in [7, 11) is 1.80. The number of aromatic nitrogens is 2. The zero-order valence-electron chi connectivity index (χ0n) is 11.1. The second-order valence-corrected chi connectivity index (χ2v) is 5.07. The monoisotopic (exact) mass is 320 g/mol. The minimum absolute atomic E-state index is 0.591. The molecule has 19 heavy (non-hydrogen) atoms. The highest BCUT2D eigenvalue weighted by atomic mass is 79.9. The molecule has 100 valence electrons. The van der Waals surface area contributed by atoms with E-state index in [2.05, 4.69) is 67.7 Å². The van der Waals surface area contributed by atoms with Gasteiger partial charge in [-0.2, -0.15) is 4.98 Å². The molecule has 1 aromatic heterocycles. The first-order valence-electron chi connectivity index (χ1n) is 6.29. The van der Waals surface area contributed by atoms with Crippen LogP contribution in [0.3, 0.4) is 0 Å². The predicted octanol–water partition coefficient (Wildman–Crippen LogP) is 3.98. The van der Waals surface area contributed by atoms with E-state index in [1.54, 1.807) is 13.2 Å². The number of anilines is 3. The van der Waals surface area contributed by atoms with Crippen LogP contribution in [0.5, 0.6) is 0 Å². The van der Waals surface area contributed by atoms with E-state index in [1.807, 2.05) is 0 Å².